The molecule has 2 amide bonds. The van der Waals surface area contributed by atoms with Crippen LogP contribution in [0.3, 0.4) is 0 Å². The molecule has 5 heteroatoms. The van der Waals surface area contributed by atoms with Crippen molar-refractivity contribution in [3.8, 4) is 0 Å². The lowest BCUT2D eigenvalue weighted by Crippen LogP contribution is -2.54. The third-order valence-corrected chi connectivity index (χ3v) is 3.58. The van der Waals surface area contributed by atoms with E-state index in [9.17, 15) is 9.59 Å². The quantitative estimate of drug-likeness (QED) is 0.794. The van der Waals surface area contributed by atoms with Crippen molar-refractivity contribution in [1.82, 2.24) is 10.2 Å². The van der Waals surface area contributed by atoms with Gasteiger partial charge in [0.1, 0.15) is 5.54 Å². The average molecular weight is 256 g/mol. The molecule has 2 N–H and O–H groups in total. The summed E-state index contributed by atoms with van der Waals surface area (Å²) in [6.07, 6.45) is 3.01. The van der Waals surface area contributed by atoms with Crippen LogP contribution in [0.4, 0.5) is 4.79 Å². The van der Waals surface area contributed by atoms with Gasteiger partial charge in [0, 0.05) is 13.1 Å². The van der Waals surface area contributed by atoms with Crippen LogP contribution in [-0.2, 0) is 4.79 Å². The summed E-state index contributed by atoms with van der Waals surface area (Å²) in [6, 6.07) is -0.278. The zero-order valence-electron chi connectivity index (χ0n) is 11.7. The lowest BCUT2D eigenvalue weighted by atomic mass is 9.85. The summed E-state index contributed by atoms with van der Waals surface area (Å²) < 4.78 is 0. The molecule has 18 heavy (non-hydrogen) atoms. The molecule has 1 fully saturated rings. The van der Waals surface area contributed by atoms with Crippen LogP contribution in [0.25, 0.3) is 0 Å². The van der Waals surface area contributed by atoms with E-state index in [1.165, 1.54) is 13.8 Å². The minimum atomic E-state index is -1.22. The summed E-state index contributed by atoms with van der Waals surface area (Å²) >= 11 is 0. The zero-order chi connectivity index (χ0) is 14.0. The first-order valence-corrected chi connectivity index (χ1v) is 6.45. The summed E-state index contributed by atoms with van der Waals surface area (Å²) in [5, 5.41) is 11.6. The first-order chi connectivity index (χ1) is 8.14. The van der Waals surface area contributed by atoms with Gasteiger partial charge in [0.05, 0.1) is 0 Å². The molecule has 1 saturated heterocycles. The van der Waals surface area contributed by atoms with Crippen LogP contribution in [0.15, 0.2) is 0 Å². The molecule has 0 aliphatic carbocycles. The number of hydrogen-bond donors (Lipinski definition) is 2. The molecule has 0 spiro atoms. The molecule has 1 aliphatic heterocycles. The van der Waals surface area contributed by atoms with Crippen LogP contribution in [-0.4, -0.2) is 40.6 Å². The summed E-state index contributed by atoms with van der Waals surface area (Å²) in [5.41, 5.74) is -0.962. The molecule has 0 saturated carbocycles. The fourth-order valence-electron chi connectivity index (χ4n) is 2.03. The maximum absolute atomic E-state index is 12.0. The van der Waals surface area contributed by atoms with Crippen LogP contribution in [0.5, 0.6) is 0 Å². The summed E-state index contributed by atoms with van der Waals surface area (Å²) in [4.78, 5) is 24.7. The molecule has 0 aromatic rings. The normalized spacial score (nSPS) is 20.1. The number of nitrogens with zero attached hydrogens (tertiary/aromatic N) is 1. The first kappa shape index (κ1) is 14.8. The van der Waals surface area contributed by atoms with Crippen molar-refractivity contribution in [2.45, 2.75) is 52.5 Å². The number of carbonyl (C=O) groups excluding carboxylic acids is 1. The molecule has 0 aromatic carbocycles. The number of rotatable bonds is 2. The van der Waals surface area contributed by atoms with Crippen LogP contribution in [0.2, 0.25) is 0 Å². The number of carboxylic acid groups (broad SMARTS) is 1. The van der Waals surface area contributed by atoms with Crippen LogP contribution < -0.4 is 5.32 Å². The lowest BCUT2D eigenvalue weighted by Gasteiger charge is -2.28. The van der Waals surface area contributed by atoms with Gasteiger partial charge in [0.2, 0.25) is 0 Å². The second kappa shape index (κ2) is 5.16. The predicted octanol–water partition coefficient (Wildman–Crippen LogP) is 2.07. The smallest absolute Gasteiger partial charge is 0.328 e. The molecule has 104 valence electrons. The van der Waals surface area contributed by atoms with Crippen LogP contribution >= 0.6 is 0 Å². The Hall–Kier alpha value is -1.26. The van der Waals surface area contributed by atoms with E-state index in [0.717, 1.165) is 19.3 Å². The van der Waals surface area contributed by atoms with Gasteiger partial charge in [-0.25, -0.2) is 9.59 Å². The van der Waals surface area contributed by atoms with Crippen molar-refractivity contribution < 1.29 is 14.7 Å². The van der Waals surface area contributed by atoms with Gasteiger partial charge in [-0.3, -0.25) is 0 Å². The van der Waals surface area contributed by atoms with Gasteiger partial charge in [-0.05, 0) is 38.5 Å². The molecule has 0 atom stereocenters. The second-order valence-corrected chi connectivity index (χ2v) is 6.37. The number of carbonyl (C=O) groups is 2. The van der Waals surface area contributed by atoms with Gasteiger partial charge in [-0.15, -0.1) is 0 Å². The van der Waals surface area contributed by atoms with E-state index >= 15 is 0 Å². The number of urea groups is 1. The van der Waals surface area contributed by atoms with Crippen molar-refractivity contribution in [3.05, 3.63) is 0 Å². The van der Waals surface area contributed by atoms with E-state index in [4.69, 9.17) is 5.11 Å². The fourth-order valence-corrected chi connectivity index (χ4v) is 2.03. The van der Waals surface area contributed by atoms with Gasteiger partial charge in [0.25, 0.3) is 0 Å². The molecule has 0 unspecified atom stereocenters. The molecular formula is C13H24N2O3. The first-order valence-electron chi connectivity index (χ1n) is 6.45. The minimum Gasteiger partial charge on any atom is -0.480 e. The average Bonchev–Trinajstić information content (AvgIpc) is 2.38. The van der Waals surface area contributed by atoms with Gasteiger partial charge < -0.3 is 15.3 Å². The van der Waals surface area contributed by atoms with Crippen molar-refractivity contribution in [2.24, 2.45) is 5.41 Å². The monoisotopic (exact) mass is 256 g/mol. The highest BCUT2D eigenvalue weighted by molar-refractivity contribution is 5.85. The number of hydrogen-bond acceptors (Lipinski definition) is 2. The molecular weight excluding hydrogens is 232 g/mol. The molecule has 0 radical (unpaired) electrons. The van der Waals surface area contributed by atoms with Crippen molar-refractivity contribution in [1.29, 1.82) is 0 Å². The summed E-state index contributed by atoms with van der Waals surface area (Å²) in [7, 11) is 0. The van der Waals surface area contributed by atoms with E-state index in [1.54, 1.807) is 4.90 Å². The third-order valence-electron chi connectivity index (χ3n) is 3.58. The van der Waals surface area contributed by atoms with E-state index in [-0.39, 0.29) is 11.4 Å². The van der Waals surface area contributed by atoms with E-state index in [2.05, 4.69) is 19.2 Å². The maximum atomic E-state index is 12.0. The zero-order valence-corrected chi connectivity index (χ0v) is 11.7. The van der Waals surface area contributed by atoms with Crippen molar-refractivity contribution in [3.63, 3.8) is 0 Å². The summed E-state index contributed by atoms with van der Waals surface area (Å²) in [6.45, 7) is 8.79. The Bertz CT molecular complexity index is 337. The number of amides is 2. The van der Waals surface area contributed by atoms with Crippen molar-refractivity contribution >= 4 is 12.0 Å². The van der Waals surface area contributed by atoms with E-state index in [1.807, 2.05) is 0 Å². The Balaban J connectivity index is 2.60. The number of nitrogens with one attached hydrogen (secondary N) is 1. The Morgan fingerprint density at radius 1 is 1.22 bits per heavy atom. The van der Waals surface area contributed by atoms with Gasteiger partial charge in [0.15, 0.2) is 0 Å². The topological polar surface area (TPSA) is 69.6 Å². The SMILES string of the molecule is CC1(C)CCCN(C(=O)NC(C)(C)C(=O)O)CC1. The summed E-state index contributed by atoms with van der Waals surface area (Å²) in [5.74, 6) is -1.02. The van der Waals surface area contributed by atoms with E-state index in [0.29, 0.717) is 13.1 Å². The molecule has 1 aliphatic rings. The molecule has 5 nitrogen and oxygen atoms in total. The Labute approximate surface area is 109 Å². The fraction of sp³-hybridized carbons (Fsp3) is 0.846. The Morgan fingerprint density at radius 3 is 2.39 bits per heavy atom. The van der Waals surface area contributed by atoms with Gasteiger partial charge in [-0.2, -0.15) is 0 Å². The molecule has 0 bridgehead atoms. The van der Waals surface area contributed by atoms with Gasteiger partial charge in [-0.1, -0.05) is 13.8 Å². The number of aliphatic carboxylic acids is 1. The largest absolute Gasteiger partial charge is 0.480 e. The predicted molar refractivity (Wildman–Crippen MR) is 69.5 cm³/mol. The lowest BCUT2D eigenvalue weighted by molar-refractivity contribution is -0.143. The van der Waals surface area contributed by atoms with Gasteiger partial charge >= 0.3 is 12.0 Å². The van der Waals surface area contributed by atoms with E-state index < -0.39 is 11.5 Å². The highest BCUT2D eigenvalue weighted by Crippen LogP contribution is 2.29. The van der Waals surface area contributed by atoms with Crippen molar-refractivity contribution in [2.75, 3.05) is 13.1 Å². The highest BCUT2D eigenvalue weighted by Gasteiger charge is 2.32. The van der Waals surface area contributed by atoms with Crippen LogP contribution in [0.1, 0.15) is 47.0 Å². The Morgan fingerprint density at radius 2 is 1.83 bits per heavy atom. The molecule has 1 rings (SSSR count). The Kier molecular flexibility index (Phi) is 4.24. The maximum Gasteiger partial charge on any atom is 0.328 e. The van der Waals surface area contributed by atoms with Crippen LogP contribution in [0, 0.1) is 5.41 Å². The molecule has 1 heterocycles. The third kappa shape index (κ3) is 3.89. The highest BCUT2D eigenvalue weighted by atomic mass is 16.4. The standard InChI is InChI=1S/C13H24N2O3/c1-12(2)6-5-8-15(9-7-12)11(18)14-13(3,4)10(16)17/h5-9H2,1-4H3,(H,14,18)(H,16,17). The molecule has 0 aromatic heterocycles. The number of likely N-dealkylation sites (tertiary alicyclic amines) is 1. The second-order valence-electron chi connectivity index (χ2n) is 6.37. The minimum absolute atomic E-state index is 0.261. The number of carboxylic acids is 1.